The van der Waals surface area contributed by atoms with Gasteiger partial charge in [0.25, 0.3) is 5.91 Å². The summed E-state index contributed by atoms with van der Waals surface area (Å²) in [5.41, 5.74) is 3.12. The van der Waals surface area contributed by atoms with Crippen LogP contribution < -0.4 is 9.47 Å². The molecule has 2 aromatic rings. The van der Waals surface area contributed by atoms with Crippen LogP contribution in [-0.2, 0) is 12.8 Å². The minimum Gasteiger partial charge on any atom is -0.504 e. The Balaban J connectivity index is 1.84. The van der Waals surface area contributed by atoms with E-state index >= 15 is 0 Å². The molecule has 0 aliphatic carbocycles. The smallest absolute Gasteiger partial charge is 0.258 e. The third-order valence-corrected chi connectivity index (χ3v) is 5.13. The van der Waals surface area contributed by atoms with E-state index in [1.54, 1.807) is 25.2 Å². The quantitative estimate of drug-likeness (QED) is 0.820. The van der Waals surface area contributed by atoms with Gasteiger partial charge in [-0.2, -0.15) is 0 Å². The summed E-state index contributed by atoms with van der Waals surface area (Å²) in [6, 6.07) is 6.92. The van der Waals surface area contributed by atoms with E-state index < -0.39 is 0 Å². The maximum absolute atomic E-state index is 12.9. The molecule has 2 aromatic carbocycles. The molecule has 2 aliphatic rings. The van der Waals surface area contributed by atoms with Crippen LogP contribution >= 0.6 is 0 Å². The Morgan fingerprint density at radius 3 is 2.52 bits per heavy atom. The highest BCUT2D eigenvalue weighted by Crippen LogP contribution is 2.45. The predicted octanol–water partition coefficient (Wildman–Crippen LogP) is 2.41. The molecule has 2 aliphatic heterocycles. The number of nitrogens with zero attached hydrogens (tertiary/aromatic N) is 1. The van der Waals surface area contributed by atoms with E-state index in [9.17, 15) is 15.0 Å². The fraction of sp³-hybridized carbons (Fsp3) is 0.316. The molecular weight excluding hydrogens is 322 g/mol. The lowest BCUT2D eigenvalue weighted by molar-refractivity contribution is 0.0626. The van der Waals surface area contributed by atoms with Crippen molar-refractivity contribution in [2.75, 3.05) is 20.8 Å². The maximum atomic E-state index is 12.9. The van der Waals surface area contributed by atoms with Crippen molar-refractivity contribution >= 4 is 5.91 Å². The monoisotopic (exact) mass is 341 g/mol. The molecule has 0 bridgehead atoms. The first-order valence-corrected chi connectivity index (χ1v) is 8.14. The Hall–Kier alpha value is -2.89. The summed E-state index contributed by atoms with van der Waals surface area (Å²) >= 11 is 0. The lowest BCUT2D eigenvalue weighted by atomic mass is 9.83. The highest BCUT2D eigenvalue weighted by Gasteiger charge is 2.39. The minimum absolute atomic E-state index is 0.118. The van der Waals surface area contributed by atoms with Gasteiger partial charge in [-0.25, -0.2) is 0 Å². The van der Waals surface area contributed by atoms with Crippen molar-refractivity contribution in [3.05, 3.63) is 46.5 Å². The van der Waals surface area contributed by atoms with Crippen LogP contribution in [0.25, 0.3) is 0 Å². The summed E-state index contributed by atoms with van der Waals surface area (Å²) in [6.45, 7) is 0.556. The van der Waals surface area contributed by atoms with Crippen molar-refractivity contribution in [3.8, 4) is 23.0 Å². The van der Waals surface area contributed by atoms with E-state index in [4.69, 9.17) is 9.47 Å². The van der Waals surface area contributed by atoms with Crippen LogP contribution in [-0.4, -0.2) is 41.8 Å². The standard InChI is InChI=1S/C19H19NO5/c1-24-15-8-10-5-6-20-13(12(10)9-16(15)25-2)7-11-3-4-14(21)18(22)17(11)19(20)23/h3-4,8-9,13,21-22H,5-7H2,1-2H3/t13-/m0/s1. The molecule has 2 N–H and O–H groups in total. The third kappa shape index (κ3) is 2.21. The summed E-state index contributed by atoms with van der Waals surface area (Å²) in [5, 5.41) is 19.8. The van der Waals surface area contributed by atoms with Crippen LogP contribution in [0.5, 0.6) is 23.0 Å². The molecule has 1 atom stereocenters. The molecule has 0 saturated heterocycles. The molecule has 0 unspecified atom stereocenters. The first kappa shape index (κ1) is 15.6. The zero-order valence-corrected chi connectivity index (χ0v) is 14.1. The highest BCUT2D eigenvalue weighted by molar-refractivity contribution is 6.00. The number of hydrogen-bond acceptors (Lipinski definition) is 5. The van der Waals surface area contributed by atoms with Crippen molar-refractivity contribution in [1.29, 1.82) is 0 Å². The lowest BCUT2D eigenvalue weighted by Gasteiger charge is -2.41. The van der Waals surface area contributed by atoms with E-state index in [1.807, 2.05) is 12.1 Å². The van der Waals surface area contributed by atoms with Crippen molar-refractivity contribution < 1.29 is 24.5 Å². The fourth-order valence-corrected chi connectivity index (χ4v) is 3.87. The average Bonchev–Trinajstić information content (AvgIpc) is 2.63. The molecule has 0 spiro atoms. The highest BCUT2D eigenvalue weighted by atomic mass is 16.5. The number of carbonyl (C=O) groups excluding carboxylic acids is 1. The van der Waals surface area contributed by atoms with Crippen LogP contribution in [0.1, 0.15) is 33.1 Å². The van der Waals surface area contributed by atoms with Crippen molar-refractivity contribution in [2.45, 2.75) is 18.9 Å². The third-order valence-electron chi connectivity index (χ3n) is 5.13. The van der Waals surface area contributed by atoms with Gasteiger partial charge in [-0.1, -0.05) is 6.07 Å². The zero-order valence-electron chi connectivity index (χ0n) is 14.1. The van der Waals surface area contributed by atoms with Gasteiger partial charge in [0, 0.05) is 6.54 Å². The van der Waals surface area contributed by atoms with Crippen molar-refractivity contribution in [3.63, 3.8) is 0 Å². The molecule has 0 saturated carbocycles. The number of phenols is 2. The largest absolute Gasteiger partial charge is 0.504 e. The zero-order chi connectivity index (χ0) is 17.7. The first-order valence-electron chi connectivity index (χ1n) is 8.14. The number of aromatic hydroxyl groups is 2. The summed E-state index contributed by atoms with van der Waals surface area (Å²) < 4.78 is 10.8. The first-order chi connectivity index (χ1) is 12.0. The number of rotatable bonds is 2. The maximum Gasteiger partial charge on any atom is 0.258 e. The summed E-state index contributed by atoms with van der Waals surface area (Å²) in [6.07, 6.45) is 1.28. The topological polar surface area (TPSA) is 79.2 Å². The van der Waals surface area contributed by atoms with E-state index in [2.05, 4.69) is 0 Å². The molecule has 25 heavy (non-hydrogen) atoms. The number of ether oxygens (including phenoxy) is 2. The number of amides is 1. The normalized spacial score (nSPS) is 18.2. The van der Waals surface area contributed by atoms with Gasteiger partial charge in [-0.05, 0) is 47.7 Å². The molecule has 4 rings (SSSR count). The molecule has 6 nitrogen and oxygen atoms in total. The number of fused-ring (bicyclic) bond motifs is 4. The summed E-state index contributed by atoms with van der Waals surface area (Å²) in [5.74, 6) is 0.461. The van der Waals surface area contributed by atoms with Gasteiger partial charge in [0.1, 0.15) is 0 Å². The van der Waals surface area contributed by atoms with Gasteiger partial charge in [0.15, 0.2) is 23.0 Å². The Morgan fingerprint density at radius 1 is 1.08 bits per heavy atom. The van der Waals surface area contributed by atoms with Gasteiger partial charge in [-0.15, -0.1) is 0 Å². The molecule has 2 heterocycles. The number of carbonyl (C=O) groups is 1. The van der Waals surface area contributed by atoms with Crippen molar-refractivity contribution in [1.82, 2.24) is 4.90 Å². The van der Waals surface area contributed by atoms with E-state index in [0.717, 1.165) is 16.7 Å². The Labute approximate surface area is 145 Å². The van der Waals surface area contributed by atoms with Crippen LogP contribution in [0.2, 0.25) is 0 Å². The van der Waals surface area contributed by atoms with Gasteiger partial charge in [0.2, 0.25) is 0 Å². The minimum atomic E-state index is -0.334. The molecule has 1 amide bonds. The molecule has 0 fully saturated rings. The Morgan fingerprint density at radius 2 is 1.80 bits per heavy atom. The SMILES string of the molecule is COc1cc2c(cc1OC)[C@@H]1Cc3ccc(O)c(O)c3C(=O)N1CC2. The van der Waals surface area contributed by atoms with Crippen molar-refractivity contribution in [2.24, 2.45) is 0 Å². The Bertz CT molecular complexity index is 877. The molecule has 130 valence electrons. The van der Waals surface area contributed by atoms with Crippen LogP contribution in [0, 0.1) is 0 Å². The molecular formula is C19H19NO5. The number of hydrogen-bond donors (Lipinski definition) is 2. The summed E-state index contributed by atoms with van der Waals surface area (Å²) in [4.78, 5) is 14.7. The predicted molar refractivity (Wildman–Crippen MR) is 90.5 cm³/mol. The number of phenolic OH excluding ortho intramolecular Hbond substituents is 2. The van der Waals surface area contributed by atoms with Crippen LogP contribution in [0.3, 0.4) is 0 Å². The molecule has 6 heteroatoms. The van der Waals surface area contributed by atoms with E-state index in [0.29, 0.717) is 30.9 Å². The number of benzene rings is 2. The lowest BCUT2D eigenvalue weighted by Crippen LogP contribution is -2.44. The Kier molecular flexibility index (Phi) is 3.49. The average molecular weight is 341 g/mol. The van der Waals surface area contributed by atoms with Gasteiger partial charge in [0.05, 0.1) is 25.8 Å². The van der Waals surface area contributed by atoms with Gasteiger partial charge >= 0.3 is 0 Å². The van der Waals surface area contributed by atoms with Crippen LogP contribution in [0.4, 0.5) is 0 Å². The number of methoxy groups -OCH3 is 2. The van der Waals surface area contributed by atoms with Gasteiger partial charge < -0.3 is 24.6 Å². The molecule has 0 radical (unpaired) electrons. The second-order valence-corrected chi connectivity index (χ2v) is 6.34. The second kappa shape index (κ2) is 5.58. The summed E-state index contributed by atoms with van der Waals surface area (Å²) in [7, 11) is 3.20. The van der Waals surface area contributed by atoms with Crippen LogP contribution in [0.15, 0.2) is 24.3 Å². The van der Waals surface area contributed by atoms with E-state index in [1.165, 1.54) is 6.07 Å². The molecule has 0 aromatic heterocycles. The van der Waals surface area contributed by atoms with E-state index in [-0.39, 0.29) is 29.0 Å². The van der Waals surface area contributed by atoms with Gasteiger partial charge in [-0.3, -0.25) is 4.79 Å². The second-order valence-electron chi connectivity index (χ2n) is 6.34. The fourth-order valence-electron chi connectivity index (χ4n) is 3.87.